The average Bonchev–Trinajstić information content (AvgIpc) is 3.03. The zero-order valence-corrected chi connectivity index (χ0v) is 13.4. The van der Waals surface area contributed by atoms with Gasteiger partial charge < -0.3 is 20.7 Å². The van der Waals surface area contributed by atoms with Crippen molar-refractivity contribution in [2.75, 3.05) is 39.3 Å². The number of aliphatic imine (C=N–C) groups is 1. The molecule has 2 saturated heterocycles. The van der Waals surface area contributed by atoms with Gasteiger partial charge in [-0.15, -0.1) is 0 Å². The Morgan fingerprint density at radius 3 is 2.76 bits per heavy atom. The van der Waals surface area contributed by atoms with Crippen LogP contribution in [0.25, 0.3) is 0 Å². The fourth-order valence-corrected chi connectivity index (χ4v) is 3.08. The van der Waals surface area contributed by atoms with Gasteiger partial charge in [0.1, 0.15) is 0 Å². The van der Waals surface area contributed by atoms with Crippen LogP contribution in [0.15, 0.2) is 4.99 Å². The molecule has 2 rings (SSSR count). The molecule has 0 radical (unpaired) electrons. The van der Waals surface area contributed by atoms with Crippen molar-refractivity contribution in [2.24, 2.45) is 10.7 Å². The van der Waals surface area contributed by atoms with Crippen LogP contribution >= 0.6 is 0 Å². The Bertz CT molecular complexity index is 297. The van der Waals surface area contributed by atoms with Crippen molar-refractivity contribution in [2.45, 2.75) is 57.5 Å². The topological polar surface area (TPSA) is 62.9 Å². The summed E-state index contributed by atoms with van der Waals surface area (Å²) in [4.78, 5) is 6.95. The molecule has 5 nitrogen and oxygen atoms in total. The van der Waals surface area contributed by atoms with E-state index in [0.29, 0.717) is 12.5 Å². The van der Waals surface area contributed by atoms with Gasteiger partial charge >= 0.3 is 0 Å². The van der Waals surface area contributed by atoms with Crippen LogP contribution in [0.1, 0.15) is 51.4 Å². The molecule has 0 aromatic heterocycles. The maximum Gasteiger partial charge on any atom is 0.188 e. The lowest BCUT2D eigenvalue weighted by Gasteiger charge is -2.26. The fraction of sp³-hybridized carbons (Fsp3) is 0.938. The summed E-state index contributed by atoms with van der Waals surface area (Å²) in [6.45, 7) is 6.39. The minimum absolute atomic E-state index is 0.287. The van der Waals surface area contributed by atoms with E-state index in [1.54, 1.807) is 0 Å². The third-order valence-electron chi connectivity index (χ3n) is 4.40. The normalized spacial score (nSPS) is 24.4. The largest absolute Gasteiger partial charge is 0.376 e. The van der Waals surface area contributed by atoms with Crippen molar-refractivity contribution in [1.29, 1.82) is 0 Å². The molecule has 1 unspecified atom stereocenters. The van der Waals surface area contributed by atoms with Gasteiger partial charge in [-0.2, -0.15) is 0 Å². The van der Waals surface area contributed by atoms with Crippen LogP contribution in [-0.2, 0) is 4.74 Å². The molecular formula is C16H32N4O. The van der Waals surface area contributed by atoms with Gasteiger partial charge in [-0.1, -0.05) is 12.8 Å². The third-order valence-corrected chi connectivity index (χ3v) is 4.40. The van der Waals surface area contributed by atoms with Crippen LogP contribution < -0.4 is 11.1 Å². The van der Waals surface area contributed by atoms with Crippen LogP contribution in [0.2, 0.25) is 0 Å². The van der Waals surface area contributed by atoms with Gasteiger partial charge in [0.25, 0.3) is 0 Å². The van der Waals surface area contributed by atoms with Gasteiger partial charge in [0.2, 0.25) is 0 Å². The summed E-state index contributed by atoms with van der Waals surface area (Å²) in [5.41, 5.74) is 5.86. The molecule has 2 aliphatic heterocycles. The van der Waals surface area contributed by atoms with E-state index in [1.165, 1.54) is 58.2 Å². The summed E-state index contributed by atoms with van der Waals surface area (Å²) in [6.07, 6.45) is 10.5. The Labute approximate surface area is 129 Å². The lowest BCUT2D eigenvalue weighted by atomic mass is 10.1. The number of nitrogens with two attached hydrogens (primary N) is 1. The number of likely N-dealkylation sites (tertiary alicyclic amines) is 1. The van der Waals surface area contributed by atoms with Gasteiger partial charge in [0.15, 0.2) is 5.96 Å². The van der Waals surface area contributed by atoms with E-state index in [2.05, 4.69) is 15.2 Å². The molecule has 0 amide bonds. The molecule has 2 heterocycles. The smallest absolute Gasteiger partial charge is 0.188 e. The standard InChI is InChI=1S/C16H32N4O/c17-16(19-14-15-8-7-13-21-15)18-9-3-1-4-10-20-11-5-2-6-12-20/h15H,1-14H2,(H3,17,18,19). The highest BCUT2D eigenvalue weighted by Crippen LogP contribution is 2.11. The summed E-state index contributed by atoms with van der Waals surface area (Å²) in [5.74, 6) is 0.571. The molecule has 2 aliphatic rings. The number of rotatable bonds is 8. The average molecular weight is 296 g/mol. The van der Waals surface area contributed by atoms with Crippen LogP contribution in [0, 0.1) is 0 Å². The Kier molecular flexibility index (Phi) is 7.89. The van der Waals surface area contributed by atoms with Crippen LogP contribution in [0.5, 0.6) is 0 Å². The van der Waals surface area contributed by atoms with Crippen LogP contribution in [0.4, 0.5) is 0 Å². The summed E-state index contributed by atoms with van der Waals surface area (Å²) >= 11 is 0. The van der Waals surface area contributed by atoms with Crippen molar-refractivity contribution in [3.8, 4) is 0 Å². The van der Waals surface area contributed by atoms with Gasteiger partial charge in [-0.3, -0.25) is 4.99 Å². The Hall–Kier alpha value is -0.810. The molecule has 122 valence electrons. The molecule has 0 saturated carbocycles. The highest BCUT2D eigenvalue weighted by Gasteiger charge is 2.14. The molecule has 0 aromatic rings. The molecule has 0 aromatic carbocycles. The fourth-order valence-electron chi connectivity index (χ4n) is 3.08. The first kappa shape index (κ1) is 16.6. The lowest BCUT2D eigenvalue weighted by molar-refractivity contribution is 0.118. The quantitative estimate of drug-likeness (QED) is 0.407. The second-order valence-corrected chi connectivity index (χ2v) is 6.25. The maximum atomic E-state index is 5.86. The molecule has 1 atom stereocenters. The van der Waals surface area contributed by atoms with Crippen molar-refractivity contribution < 1.29 is 4.74 Å². The number of piperidine rings is 1. The van der Waals surface area contributed by atoms with Crippen molar-refractivity contribution in [3.05, 3.63) is 0 Å². The minimum Gasteiger partial charge on any atom is -0.376 e. The summed E-state index contributed by atoms with van der Waals surface area (Å²) in [6, 6.07) is 0. The third kappa shape index (κ3) is 7.14. The molecule has 3 N–H and O–H groups in total. The highest BCUT2D eigenvalue weighted by molar-refractivity contribution is 5.77. The monoisotopic (exact) mass is 296 g/mol. The molecule has 21 heavy (non-hydrogen) atoms. The molecule has 0 bridgehead atoms. The first-order valence-corrected chi connectivity index (χ1v) is 8.72. The Balaban J connectivity index is 1.42. The maximum absolute atomic E-state index is 5.86. The van der Waals surface area contributed by atoms with E-state index >= 15 is 0 Å². The zero-order chi connectivity index (χ0) is 14.8. The summed E-state index contributed by atoms with van der Waals surface area (Å²) < 4.78 is 5.52. The summed E-state index contributed by atoms with van der Waals surface area (Å²) in [7, 11) is 0. The predicted octanol–water partition coefficient (Wildman–Crippen LogP) is 1.73. The number of ether oxygens (including phenoxy) is 1. The molecule has 2 fully saturated rings. The first-order chi connectivity index (χ1) is 10.3. The van der Waals surface area contributed by atoms with Crippen molar-refractivity contribution in [1.82, 2.24) is 10.2 Å². The van der Waals surface area contributed by atoms with E-state index in [-0.39, 0.29) is 6.10 Å². The number of hydrogen-bond acceptors (Lipinski definition) is 3. The second kappa shape index (κ2) is 10.0. The van der Waals surface area contributed by atoms with Crippen molar-refractivity contribution >= 4 is 5.96 Å². The number of unbranched alkanes of at least 4 members (excludes halogenated alkanes) is 2. The number of nitrogens with zero attached hydrogens (tertiary/aromatic N) is 2. The van der Waals surface area contributed by atoms with Crippen molar-refractivity contribution in [3.63, 3.8) is 0 Å². The molecule has 0 aliphatic carbocycles. The van der Waals surface area contributed by atoms with Crippen LogP contribution in [-0.4, -0.2) is 56.3 Å². The molecule has 5 heteroatoms. The minimum atomic E-state index is 0.287. The number of guanidine groups is 1. The predicted molar refractivity (Wildman–Crippen MR) is 87.6 cm³/mol. The Morgan fingerprint density at radius 2 is 2.00 bits per heavy atom. The zero-order valence-electron chi connectivity index (χ0n) is 13.4. The Morgan fingerprint density at radius 1 is 1.14 bits per heavy atom. The van der Waals surface area contributed by atoms with E-state index < -0.39 is 0 Å². The summed E-state index contributed by atoms with van der Waals surface area (Å²) in [5, 5.41) is 3.20. The number of nitrogens with one attached hydrogen (secondary N) is 1. The van der Waals surface area contributed by atoms with Crippen LogP contribution in [0.3, 0.4) is 0 Å². The van der Waals surface area contributed by atoms with Gasteiger partial charge in [0, 0.05) is 13.2 Å². The van der Waals surface area contributed by atoms with Gasteiger partial charge in [-0.05, 0) is 58.2 Å². The highest BCUT2D eigenvalue weighted by atomic mass is 16.5. The number of hydrogen-bond donors (Lipinski definition) is 2. The van der Waals surface area contributed by atoms with E-state index in [4.69, 9.17) is 10.5 Å². The van der Waals surface area contributed by atoms with Gasteiger partial charge in [-0.25, -0.2) is 0 Å². The molecule has 0 spiro atoms. The first-order valence-electron chi connectivity index (χ1n) is 8.72. The second-order valence-electron chi connectivity index (χ2n) is 6.25. The SMILES string of the molecule is NC(=NCC1CCCO1)NCCCCCN1CCCCC1. The van der Waals surface area contributed by atoms with E-state index in [1.807, 2.05) is 0 Å². The van der Waals surface area contributed by atoms with Gasteiger partial charge in [0.05, 0.1) is 12.6 Å². The van der Waals surface area contributed by atoms with E-state index in [9.17, 15) is 0 Å². The lowest BCUT2D eigenvalue weighted by Crippen LogP contribution is -2.33. The molecular weight excluding hydrogens is 264 g/mol. The van der Waals surface area contributed by atoms with E-state index in [0.717, 1.165) is 26.0 Å².